The lowest BCUT2D eigenvalue weighted by Crippen LogP contribution is -2.42. The molecule has 0 saturated carbocycles. The Labute approximate surface area is 167 Å². The van der Waals surface area contributed by atoms with Crippen molar-refractivity contribution < 1.29 is 8.42 Å². The molecule has 0 spiro atoms. The molecule has 0 aliphatic carbocycles. The summed E-state index contributed by atoms with van der Waals surface area (Å²) in [6, 6.07) is 8.59. The number of sulfonamides is 1. The van der Waals surface area contributed by atoms with Crippen molar-refractivity contribution in [3.8, 4) is 0 Å². The van der Waals surface area contributed by atoms with Crippen LogP contribution in [0.1, 0.15) is 19.8 Å². The molecule has 0 unspecified atom stereocenters. The van der Waals surface area contributed by atoms with E-state index in [-0.39, 0.29) is 24.0 Å². The summed E-state index contributed by atoms with van der Waals surface area (Å²) >= 11 is 0. The molecule has 8 heteroatoms. The van der Waals surface area contributed by atoms with Crippen molar-refractivity contribution >= 4 is 40.0 Å². The normalized spacial score (nSPS) is 16.9. The number of hydrogen-bond acceptors (Lipinski definition) is 3. The number of benzene rings is 1. The van der Waals surface area contributed by atoms with Crippen molar-refractivity contribution in [3.63, 3.8) is 0 Å². The summed E-state index contributed by atoms with van der Waals surface area (Å²) in [6.45, 7) is 7.98. The van der Waals surface area contributed by atoms with Gasteiger partial charge in [-0.15, -0.1) is 24.0 Å². The average molecular weight is 478 g/mol. The average Bonchev–Trinajstić information content (AvgIpc) is 2.59. The standard InChI is InChI=1S/C17H26N4O2S.HI/c1-14(2)12-19-17(18)20-13-15-8-10-21(11-9-15)24(22,23)16-6-4-3-5-7-16;/h3-7,15H,1,8-13H2,2H3,(H3,18,19,20);1H. The van der Waals surface area contributed by atoms with Crippen LogP contribution in [-0.4, -0.2) is 44.9 Å². The monoisotopic (exact) mass is 478 g/mol. The minimum atomic E-state index is -3.38. The molecular formula is C17H27IN4O2S. The Balaban J connectivity index is 0.00000312. The van der Waals surface area contributed by atoms with Crippen LogP contribution in [0.2, 0.25) is 0 Å². The summed E-state index contributed by atoms with van der Waals surface area (Å²) in [5, 5.41) is 3.11. The minimum Gasteiger partial charge on any atom is -0.370 e. The molecule has 0 amide bonds. The van der Waals surface area contributed by atoms with Crippen LogP contribution in [0.5, 0.6) is 0 Å². The molecule has 25 heavy (non-hydrogen) atoms. The fourth-order valence-corrected chi connectivity index (χ4v) is 4.11. The molecule has 1 aromatic carbocycles. The smallest absolute Gasteiger partial charge is 0.243 e. The third-order valence-corrected chi connectivity index (χ3v) is 5.96. The van der Waals surface area contributed by atoms with Crippen molar-refractivity contribution in [1.29, 1.82) is 0 Å². The zero-order chi connectivity index (χ0) is 17.6. The van der Waals surface area contributed by atoms with E-state index in [0.29, 0.717) is 43.0 Å². The second-order valence-electron chi connectivity index (χ2n) is 6.20. The van der Waals surface area contributed by atoms with Crippen molar-refractivity contribution in [3.05, 3.63) is 42.5 Å². The predicted octanol–water partition coefficient (Wildman–Crippen LogP) is 2.19. The van der Waals surface area contributed by atoms with Gasteiger partial charge in [-0.1, -0.05) is 30.4 Å². The zero-order valence-corrected chi connectivity index (χ0v) is 17.7. The molecule has 1 aromatic rings. The van der Waals surface area contributed by atoms with Crippen molar-refractivity contribution in [2.24, 2.45) is 16.6 Å². The van der Waals surface area contributed by atoms with Crippen LogP contribution in [0.4, 0.5) is 0 Å². The van der Waals surface area contributed by atoms with E-state index in [0.717, 1.165) is 18.4 Å². The van der Waals surface area contributed by atoms with E-state index in [1.54, 1.807) is 28.6 Å². The first-order valence-corrected chi connectivity index (χ1v) is 9.57. The van der Waals surface area contributed by atoms with Gasteiger partial charge in [-0.25, -0.2) is 13.4 Å². The summed E-state index contributed by atoms with van der Waals surface area (Å²) < 4.78 is 26.7. The molecule has 2 rings (SSSR count). The van der Waals surface area contributed by atoms with Crippen LogP contribution in [-0.2, 0) is 10.0 Å². The van der Waals surface area contributed by atoms with Gasteiger partial charge in [0.2, 0.25) is 10.0 Å². The summed E-state index contributed by atoms with van der Waals surface area (Å²) in [5.74, 6) is 0.808. The maximum atomic E-state index is 12.6. The number of nitrogens with two attached hydrogens (primary N) is 1. The number of piperidine rings is 1. The number of nitrogens with zero attached hydrogens (tertiary/aromatic N) is 2. The molecule has 1 heterocycles. The molecule has 3 N–H and O–H groups in total. The summed E-state index contributed by atoms with van der Waals surface area (Å²) in [4.78, 5) is 4.54. The number of aliphatic imine (C=N–C) groups is 1. The maximum Gasteiger partial charge on any atom is 0.243 e. The van der Waals surface area contributed by atoms with Gasteiger partial charge < -0.3 is 11.1 Å². The SMILES string of the molecule is C=C(C)CN=C(N)NCC1CCN(S(=O)(=O)c2ccccc2)CC1.I. The van der Waals surface area contributed by atoms with E-state index in [1.807, 2.05) is 13.0 Å². The Bertz CT molecular complexity index is 684. The first-order valence-electron chi connectivity index (χ1n) is 8.13. The van der Waals surface area contributed by atoms with Gasteiger partial charge in [0.25, 0.3) is 0 Å². The summed E-state index contributed by atoms with van der Waals surface area (Å²) in [6.07, 6.45) is 1.62. The van der Waals surface area contributed by atoms with E-state index < -0.39 is 10.0 Å². The minimum absolute atomic E-state index is 0. The van der Waals surface area contributed by atoms with E-state index in [9.17, 15) is 8.42 Å². The third kappa shape index (κ3) is 6.59. The van der Waals surface area contributed by atoms with Gasteiger partial charge in [0.15, 0.2) is 5.96 Å². The topological polar surface area (TPSA) is 87.8 Å². The summed E-state index contributed by atoms with van der Waals surface area (Å²) in [5.41, 5.74) is 6.76. The van der Waals surface area contributed by atoms with Crippen LogP contribution < -0.4 is 11.1 Å². The van der Waals surface area contributed by atoms with Gasteiger partial charge in [0.05, 0.1) is 11.4 Å². The Morgan fingerprint density at radius 2 is 1.92 bits per heavy atom. The van der Waals surface area contributed by atoms with Gasteiger partial charge in [-0.3, -0.25) is 0 Å². The molecule has 0 aromatic heterocycles. The van der Waals surface area contributed by atoms with Crippen molar-refractivity contribution in [2.75, 3.05) is 26.2 Å². The van der Waals surface area contributed by atoms with Gasteiger partial charge >= 0.3 is 0 Å². The van der Waals surface area contributed by atoms with E-state index >= 15 is 0 Å². The molecule has 140 valence electrons. The van der Waals surface area contributed by atoms with Gasteiger partial charge in [-0.05, 0) is 37.8 Å². The van der Waals surface area contributed by atoms with Gasteiger partial charge in [-0.2, -0.15) is 4.31 Å². The Hall–Kier alpha value is -1.13. The van der Waals surface area contributed by atoms with E-state index in [4.69, 9.17) is 5.73 Å². The Morgan fingerprint density at radius 3 is 2.48 bits per heavy atom. The highest BCUT2D eigenvalue weighted by atomic mass is 127. The third-order valence-electron chi connectivity index (χ3n) is 4.05. The fourth-order valence-electron chi connectivity index (χ4n) is 2.62. The number of guanidine groups is 1. The Morgan fingerprint density at radius 1 is 1.32 bits per heavy atom. The molecule has 6 nitrogen and oxygen atoms in total. The van der Waals surface area contributed by atoms with Crippen LogP contribution >= 0.6 is 24.0 Å². The molecule has 1 saturated heterocycles. The molecular weight excluding hydrogens is 451 g/mol. The summed E-state index contributed by atoms with van der Waals surface area (Å²) in [7, 11) is -3.38. The van der Waals surface area contributed by atoms with Crippen LogP contribution in [0.3, 0.4) is 0 Å². The molecule has 1 aliphatic rings. The molecule has 0 bridgehead atoms. The lowest BCUT2D eigenvalue weighted by Gasteiger charge is -2.31. The zero-order valence-electron chi connectivity index (χ0n) is 14.5. The fraction of sp³-hybridized carbons (Fsp3) is 0.471. The largest absolute Gasteiger partial charge is 0.370 e. The van der Waals surface area contributed by atoms with Crippen LogP contribution in [0.25, 0.3) is 0 Å². The van der Waals surface area contributed by atoms with E-state index in [2.05, 4.69) is 16.9 Å². The maximum absolute atomic E-state index is 12.6. The Kier molecular flexibility index (Phi) is 8.87. The molecule has 1 aliphatic heterocycles. The highest BCUT2D eigenvalue weighted by molar-refractivity contribution is 14.0. The number of rotatable bonds is 6. The number of nitrogens with one attached hydrogen (secondary N) is 1. The molecule has 0 atom stereocenters. The quantitative estimate of drug-likeness (QED) is 0.284. The van der Waals surface area contributed by atoms with Crippen molar-refractivity contribution in [1.82, 2.24) is 9.62 Å². The number of halogens is 1. The lowest BCUT2D eigenvalue weighted by atomic mass is 9.98. The highest BCUT2D eigenvalue weighted by Crippen LogP contribution is 2.23. The lowest BCUT2D eigenvalue weighted by molar-refractivity contribution is 0.273. The second-order valence-corrected chi connectivity index (χ2v) is 8.14. The predicted molar refractivity (Wildman–Crippen MR) is 113 cm³/mol. The second kappa shape index (κ2) is 10.1. The van der Waals surface area contributed by atoms with Crippen LogP contribution in [0, 0.1) is 5.92 Å². The highest BCUT2D eigenvalue weighted by Gasteiger charge is 2.29. The van der Waals surface area contributed by atoms with E-state index in [1.165, 1.54) is 0 Å². The van der Waals surface area contributed by atoms with Crippen molar-refractivity contribution in [2.45, 2.75) is 24.7 Å². The van der Waals surface area contributed by atoms with Gasteiger partial charge in [0.1, 0.15) is 0 Å². The molecule has 1 fully saturated rings. The molecule has 0 radical (unpaired) electrons. The first kappa shape index (κ1) is 21.9. The first-order chi connectivity index (χ1) is 11.4. The van der Waals surface area contributed by atoms with Gasteiger partial charge in [0, 0.05) is 19.6 Å². The number of hydrogen-bond donors (Lipinski definition) is 2. The van der Waals surface area contributed by atoms with Crippen LogP contribution in [0.15, 0.2) is 52.4 Å².